The Morgan fingerprint density at radius 3 is 2.06 bits per heavy atom. The van der Waals surface area contributed by atoms with Gasteiger partial charge in [0.2, 0.25) is 0 Å². The van der Waals surface area contributed by atoms with E-state index in [1.807, 2.05) is 5.48 Å². The zero-order chi connectivity index (χ0) is 12.8. The molecule has 0 amide bonds. The topological polar surface area (TPSA) is 21.3 Å². The highest BCUT2D eigenvalue weighted by Crippen LogP contribution is 2.22. The summed E-state index contributed by atoms with van der Waals surface area (Å²) in [7, 11) is 0. The summed E-state index contributed by atoms with van der Waals surface area (Å²) in [5, 5.41) is 0. The fourth-order valence-corrected chi connectivity index (χ4v) is 0.933. The maximum absolute atomic E-state index is 11.7. The van der Waals surface area contributed by atoms with Gasteiger partial charge >= 0.3 is 12.4 Å². The van der Waals surface area contributed by atoms with Gasteiger partial charge in [-0.25, -0.2) is 0 Å². The Bertz CT molecular complexity index is 170. The summed E-state index contributed by atoms with van der Waals surface area (Å²) in [4.78, 5) is 4.09. The number of hydroxylamine groups is 1. The lowest BCUT2D eigenvalue weighted by molar-refractivity contribution is -0.192. The minimum absolute atomic E-state index is 0.0946. The van der Waals surface area contributed by atoms with Crippen LogP contribution in [0.15, 0.2) is 0 Å². The molecule has 0 aliphatic rings. The first-order chi connectivity index (χ1) is 7.10. The lowest BCUT2D eigenvalue weighted by atomic mass is 10.1. The Balaban J connectivity index is 3.49. The van der Waals surface area contributed by atoms with Gasteiger partial charge < -0.3 is 0 Å². The number of nitrogens with one attached hydrogen (secondary N) is 1. The summed E-state index contributed by atoms with van der Waals surface area (Å²) >= 11 is 0. The Labute approximate surface area is 88.9 Å². The molecule has 2 nitrogen and oxygen atoms in total. The molecule has 8 heteroatoms. The van der Waals surface area contributed by atoms with E-state index < -0.39 is 31.4 Å². The lowest BCUT2D eigenvalue weighted by Gasteiger charge is -2.15. The first-order valence-corrected chi connectivity index (χ1v) is 4.61. The highest BCUT2D eigenvalue weighted by atomic mass is 19.4. The van der Waals surface area contributed by atoms with Crippen molar-refractivity contribution >= 4 is 0 Å². The molecule has 0 fully saturated rings. The molecule has 0 aromatic carbocycles. The molecule has 16 heavy (non-hydrogen) atoms. The first kappa shape index (κ1) is 15.5. The van der Waals surface area contributed by atoms with E-state index in [0.29, 0.717) is 0 Å². The van der Waals surface area contributed by atoms with Crippen molar-refractivity contribution in [3.8, 4) is 0 Å². The molecular weight excluding hydrogens is 240 g/mol. The van der Waals surface area contributed by atoms with E-state index in [4.69, 9.17) is 0 Å². The minimum atomic E-state index is -4.45. The molecule has 0 saturated heterocycles. The molecule has 0 aromatic heterocycles. The second-order valence-corrected chi connectivity index (χ2v) is 3.43. The van der Waals surface area contributed by atoms with E-state index in [2.05, 4.69) is 4.84 Å². The predicted octanol–water partition coefficient (Wildman–Crippen LogP) is 3.19. The Hall–Kier alpha value is -0.500. The maximum atomic E-state index is 11.7. The fourth-order valence-electron chi connectivity index (χ4n) is 0.933. The van der Waals surface area contributed by atoms with Gasteiger partial charge in [-0.3, -0.25) is 4.84 Å². The van der Waals surface area contributed by atoms with Crippen LogP contribution in [0.25, 0.3) is 0 Å². The lowest BCUT2D eigenvalue weighted by Crippen LogP contribution is -2.31. The number of alkyl halides is 6. The van der Waals surface area contributed by atoms with Crippen LogP contribution < -0.4 is 5.48 Å². The quantitative estimate of drug-likeness (QED) is 0.579. The van der Waals surface area contributed by atoms with Crippen molar-refractivity contribution in [2.45, 2.75) is 44.6 Å². The number of hydrogen-bond acceptors (Lipinski definition) is 2. The molecule has 98 valence electrons. The molecule has 1 N–H and O–H groups in total. The van der Waals surface area contributed by atoms with E-state index in [1.54, 1.807) is 0 Å². The van der Waals surface area contributed by atoms with Crippen LogP contribution in [-0.2, 0) is 4.84 Å². The number of halogens is 6. The van der Waals surface area contributed by atoms with Crippen LogP contribution in [0.1, 0.15) is 26.2 Å². The molecule has 0 rings (SSSR count). The molecule has 0 spiro atoms. The van der Waals surface area contributed by atoms with Gasteiger partial charge in [-0.05, 0) is 19.8 Å². The van der Waals surface area contributed by atoms with Crippen molar-refractivity contribution in [3.63, 3.8) is 0 Å². The van der Waals surface area contributed by atoms with Gasteiger partial charge in [0.15, 0.2) is 6.61 Å². The zero-order valence-corrected chi connectivity index (χ0v) is 8.58. The second-order valence-electron chi connectivity index (χ2n) is 3.43. The molecule has 0 heterocycles. The third-order valence-electron chi connectivity index (χ3n) is 1.62. The van der Waals surface area contributed by atoms with Crippen molar-refractivity contribution in [3.05, 3.63) is 0 Å². The second kappa shape index (κ2) is 6.29. The van der Waals surface area contributed by atoms with E-state index in [9.17, 15) is 26.3 Å². The Morgan fingerprint density at radius 1 is 1.06 bits per heavy atom. The van der Waals surface area contributed by atoms with Crippen molar-refractivity contribution in [1.82, 2.24) is 5.48 Å². The Morgan fingerprint density at radius 2 is 1.62 bits per heavy atom. The van der Waals surface area contributed by atoms with Crippen LogP contribution in [0.4, 0.5) is 26.3 Å². The van der Waals surface area contributed by atoms with Crippen LogP contribution in [0, 0.1) is 0 Å². The zero-order valence-electron chi connectivity index (χ0n) is 8.58. The van der Waals surface area contributed by atoms with Gasteiger partial charge in [-0.2, -0.15) is 31.8 Å². The fraction of sp³-hybridized carbons (Fsp3) is 1.00. The van der Waals surface area contributed by atoms with E-state index in [-0.39, 0.29) is 12.8 Å². The summed E-state index contributed by atoms with van der Waals surface area (Å²) in [5.41, 5.74) is 2.04. The predicted molar refractivity (Wildman–Crippen MR) is 44.5 cm³/mol. The number of rotatable bonds is 6. The molecule has 0 aromatic rings. The van der Waals surface area contributed by atoms with Crippen molar-refractivity contribution < 1.29 is 31.2 Å². The van der Waals surface area contributed by atoms with Gasteiger partial charge in [0.25, 0.3) is 0 Å². The third-order valence-corrected chi connectivity index (χ3v) is 1.62. The molecule has 0 radical (unpaired) electrons. The van der Waals surface area contributed by atoms with E-state index >= 15 is 0 Å². The van der Waals surface area contributed by atoms with Crippen LogP contribution in [0.3, 0.4) is 0 Å². The van der Waals surface area contributed by atoms with Gasteiger partial charge in [0.1, 0.15) is 0 Å². The molecule has 1 unspecified atom stereocenters. The first-order valence-electron chi connectivity index (χ1n) is 4.61. The summed E-state index contributed by atoms with van der Waals surface area (Å²) in [6, 6.07) is -0.551. The van der Waals surface area contributed by atoms with Crippen molar-refractivity contribution in [2.75, 3.05) is 6.61 Å². The molecule has 0 saturated carbocycles. The van der Waals surface area contributed by atoms with E-state index in [1.165, 1.54) is 6.92 Å². The van der Waals surface area contributed by atoms with Gasteiger partial charge in [-0.1, -0.05) is 0 Å². The van der Waals surface area contributed by atoms with Crippen molar-refractivity contribution in [2.24, 2.45) is 0 Å². The van der Waals surface area contributed by atoms with Crippen molar-refractivity contribution in [1.29, 1.82) is 0 Å². The molecule has 0 aliphatic heterocycles. The average molecular weight is 253 g/mol. The Kier molecular flexibility index (Phi) is 6.09. The third kappa shape index (κ3) is 11.6. The minimum Gasteiger partial charge on any atom is -0.292 e. The summed E-state index contributed by atoms with van der Waals surface area (Å²) < 4.78 is 69.9. The highest BCUT2D eigenvalue weighted by Gasteiger charge is 2.28. The largest absolute Gasteiger partial charge is 0.413 e. The molecule has 0 bridgehead atoms. The van der Waals surface area contributed by atoms with Crippen LogP contribution in [-0.4, -0.2) is 25.0 Å². The SMILES string of the molecule is CC(CCCC(F)(F)F)NOCC(F)(F)F. The normalized spacial score (nSPS) is 15.2. The van der Waals surface area contributed by atoms with Gasteiger partial charge in [0.05, 0.1) is 0 Å². The molecule has 0 aliphatic carbocycles. The monoisotopic (exact) mass is 253 g/mol. The van der Waals surface area contributed by atoms with Gasteiger partial charge in [0, 0.05) is 12.5 Å². The van der Waals surface area contributed by atoms with Crippen LogP contribution >= 0.6 is 0 Å². The molecular formula is C8H13F6NO. The highest BCUT2D eigenvalue weighted by molar-refractivity contribution is 4.58. The van der Waals surface area contributed by atoms with Crippen LogP contribution in [0.2, 0.25) is 0 Å². The van der Waals surface area contributed by atoms with E-state index in [0.717, 1.165) is 0 Å². The standard InChI is InChI=1S/C8H13F6NO/c1-6(3-2-4-7(9,10)11)15-16-5-8(12,13)14/h6,15H,2-5H2,1H3. The van der Waals surface area contributed by atoms with Crippen LogP contribution in [0.5, 0.6) is 0 Å². The molecule has 1 atom stereocenters. The number of hydrogen-bond donors (Lipinski definition) is 1. The smallest absolute Gasteiger partial charge is 0.292 e. The summed E-state index contributed by atoms with van der Waals surface area (Å²) in [5.74, 6) is 0. The maximum Gasteiger partial charge on any atom is 0.413 e. The average Bonchev–Trinajstić information content (AvgIpc) is 1.98. The van der Waals surface area contributed by atoms with Gasteiger partial charge in [-0.15, -0.1) is 0 Å². The summed E-state index contributed by atoms with van der Waals surface area (Å²) in [6.07, 6.45) is -9.67. The summed E-state index contributed by atoms with van der Waals surface area (Å²) in [6.45, 7) is -0.0106.